The number of rotatable bonds is 4. The van der Waals surface area contributed by atoms with Crippen LogP contribution < -0.4 is 11.2 Å². The molecule has 11 heteroatoms. The second-order valence-electron chi connectivity index (χ2n) is 7.64. The number of halogens is 2. The number of aromatic nitrogens is 2. The third-order valence-corrected chi connectivity index (χ3v) is 7.14. The minimum absolute atomic E-state index is 0.0853. The minimum Gasteiger partial charge on any atom is -0.291 e. The molecule has 0 amide bonds. The molecule has 5 rings (SSSR count). The summed E-state index contributed by atoms with van der Waals surface area (Å²) >= 11 is 7.41. The van der Waals surface area contributed by atoms with Crippen LogP contribution in [0.1, 0.15) is 6.42 Å². The van der Waals surface area contributed by atoms with Gasteiger partial charge in [0.15, 0.2) is 0 Å². The number of nitrogens with zero attached hydrogens (tertiary/aromatic N) is 6. The van der Waals surface area contributed by atoms with Crippen molar-refractivity contribution >= 4 is 51.3 Å². The van der Waals surface area contributed by atoms with Gasteiger partial charge < -0.3 is 0 Å². The summed E-state index contributed by atoms with van der Waals surface area (Å²) in [6, 6.07) is 7.40. The van der Waals surface area contributed by atoms with Gasteiger partial charge in [-0.25, -0.2) is 13.8 Å². The van der Waals surface area contributed by atoms with Crippen molar-refractivity contribution in [1.82, 2.24) is 14.1 Å². The van der Waals surface area contributed by atoms with Crippen LogP contribution in [-0.4, -0.2) is 39.7 Å². The Morgan fingerprint density at radius 2 is 2.09 bits per heavy atom. The molecular formula is C22H16ClFN6O2S. The Balaban J connectivity index is 1.77. The molecule has 4 heterocycles. The molecule has 0 saturated carbocycles. The van der Waals surface area contributed by atoms with Crippen LogP contribution >= 0.6 is 22.9 Å². The Labute approximate surface area is 195 Å². The highest BCUT2D eigenvalue weighted by atomic mass is 35.5. The number of fused-ring (bicyclic) bond motifs is 2. The molecule has 0 N–H and O–H groups in total. The highest BCUT2D eigenvalue weighted by molar-refractivity contribution is 7.22. The lowest BCUT2D eigenvalue weighted by atomic mass is 9.98. The van der Waals surface area contributed by atoms with Gasteiger partial charge >= 0.3 is 5.69 Å². The van der Waals surface area contributed by atoms with E-state index in [4.69, 9.17) is 16.9 Å². The summed E-state index contributed by atoms with van der Waals surface area (Å²) in [6.45, 7) is 0.108. The molecule has 33 heavy (non-hydrogen) atoms. The zero-order valence-electron chi connectivity index (χ0n) is 17.3. The molecule has 2 aliphatic heterocycles. The van der Waals surface area contributed by atoms with Crippen molar-refractivity contribution in [2.24, 2.45) is 16.0 Å². The van der Waals surface area contributed by atoms with E-state index >= 15 is 0 Å². The normalized spacial score (nSPS) is 19.1. The number of benzene rings is 1. The largest absolute Gasteiger partial charge is 0.336 e. The van der Waals surface area contributed by atoms with E-state index < -0.39 is 17.1 Å². The molecule has 0 bridgehead atoms. The maximum Gasteiger partial charge on any atom is 0.336 e. The number of hydrogen-bond acceptors (Lipinski definition) is 7. The zero-order valence-corrected chi connectivity index (χ0v) is 18.8. The summed E-state index contributed by atoms with van der Waals surface area (Å²) in [5.41, 5.74) is 0.332. The lowest BCUT2D eigenvalue weighted by molar-refractivity contribution is 0.314. The highest BCUT2D eigenvalue weighted by Gasteiger charge is 2.35. The molecule has 2 unspecified atom stereocenters. The first-order chi connectivity index (χ1) is 15.9. The first-order valence-electron chi connectivity index (χ1n) is 10.0. The molecule has 3 aromatic rings. The summed E-state index contributed by atoms with van der Waals surface area (Å²) in [4.78, 5) is 32.0. The van der Waals surface area contributed by atoms with E-state index in [1.165, 1.54) is 29.0 Å². The van der Waals surface area contributed by atoms with Gasteiger partial charge in [0.1, 0.15) is 16.6 Å². The van der Waals surface area contributed by atoms with Gasteiger partial charge in [0.2, 0.25) is 0 Å². The van der Waals surface area contributed by atoms with Crippen LogP contribution in [-0.2, 0) is 6.54 Å². The Hall–Kier alpha value is -3.55. The molecule has 166 valence electrons. The van der Waals surface area contributed by atoms with Crippen molar-refractivity contribution in [3.8, 4) is 16.5 Å². The molecule has 2 atom stereocenters. The van der Waals surface area contributed by atoms with Gasteiger partial charge in [-0.15, -0.1) is 11.3 Å². The monoisotopic (exact) mass is 482 g/mol. The fourth-order valence-electron chi connectivity index (χ4n) is 4.15. The predicted octanol–water partition coefficient (Wildman–Crippen LogP) is 3.40. The van der Waals surface area contributed by atoms with E-state index in [0.717, 1.165) is 15.9 Å². The van der Waals surface area contributed by atoms with Crippen molar-refractivity contribution in [2.75, 3.05) is 7.05 Å². The first kappa shape index (κ1) is 21.3. The molecule has 0 radical (unpaired) electrons. The number of likely N-dealkylation sites (N-methyl/N-ethyl adjacent to an activating group) is 1. The smallest absolute Gasteiger partial charge is 0.291 e. The molecule has 2 aliphatic rings. The summed E-state index contributed by atoms with van der Waals surface area (Å²) in [5, 5.41) is 15.3. The van der Waals surface area contributed by atoms with E-state index in [1.54, 1.807) is 30.6 Å². The Bertz CT molecular complexity index is 1540. The van der Waals surface area contributed by atoms with Crippen LogP contribution in [0.4, 0.5) is 4.39 Å². The predicted molar refractivity (Wildman–Crippen MR) is 127 cm³/mol. The fourth-order valence-corrected chi connectivity index (χ4v) is 5.61. The quantitative estimate of drug-likeness (QED) is 0.569. The van der Waals surface area contributed by atoms with Crippen molar-refractivity contribution < 1.29 is 4.39 Å². The van der Waals surface area contributed by atoms with Crippen molar-refractivity contribution in [3.05, 3.63) is 62.1 Å². The zero-order chi connectivity index (χ0) is 23.3. The average molecular weight is 483 g/mol. The SMILES string of the molecule is CN1N=CC2C=NC=C(n3c(=O)c4sc(-c5ccc(F)cc5Cl)cc4n(CCC#N)c3=O)C21. The van der Waals surface area contributed by atoms with Crippen molar-refractivity contribution in [3.63, 3.8) is 0 Å². The first-order valence-corrected chi connectivity index (χ1v) is 11.2. The second-order valence-corrected chi connectivity index (χ2v) is 9.10. The van der Waals surface area contributed by atoms with E-state index in [2.05, 4.69) is 10.1 Å². The summed E-state index contributed by atoms with van der Waals surface area (Å²) in [5.74, 6) is -0.637. The molecular weight excluding hydrogens is 467 g/mol. The van der Waals surface area contributed by atoms with E-state index in [-0.39, 0.29) is 29.9 Å². The van der Waals surface area contributed by atoms with Crippen molar-refractivity contribution in [1.29, 1.82) is 5.26 Å². The molecule has 8 nitrogen and oxygen atoms in total. The molecule has 0 saturated heterocycles. The van der Waals surface area contributed by atoms with Gasteiger partial charge in [-0.3, -0.25) is 19.4 Å². The number of aliphatic imine (C=N–C) groups is 1. The van der Waals surface area contributed by atoms with Crippen LogP contribution in [0.15, 0.2) is 50.1 Å². The van der Waals surface area contributed by atoms with Crippen LogP contribution in [0.3, 0.4) is 0 Å². The Morgan fingerprint density at radius 1 is 1.27 bits per heavy atom. The van der Waals surface area contributed by atoms with Gasteiger partial charge in [-0.2, -0.15) is 10.4 Å². The van der Waals surface area contributed by atoms with Gasteiger partial charge in [-0.05, 0) is 24.3 Å². The Kier molecular flexibility index (Phi) is 5.23. The lowest BCUT2D eigenvalue weighted by Gasteiger charge is -2.27. The van der Waals surface area contributed by atoms with E-state index in [0.29, 0.717) is 26.4 Å². The van der Waals surface area contributed by atoms with Crippen LogP contribution in [0.25, 0.3) is 26.4 Å². The van der Waals surface area contributed by atoms with Crippen LogP contribution in [0.5, 0.6) is 0 Å². The third kappa shape index (κ3) is 3.41. The lowest BCUT2D eigenvalue weighted by Crippen LogP contribution is -2.45. The molecule has 0 spiro atoms. The van der Waals surface area contributed by atoms with Crippen LogP contribution in [0.2, 0.25) is 5.02 Å². The van der Waals surface area contributed by atoms with Gasteiger partial charge in [0.25, 0.3) is 5.56 Å². The molecule has 1 aromatic carbocycles. The molecule has 0 aliphatic carbocycles. The number of aryl methyl sites for hydroxylation is 1. The Morgan fingerprint density at radius 3 is 2.85 bits per heavy atom. The van der Waals surface area contributed by atoms with Crippen LogP contribution in [0, 0.1) is 23.1 Å². The summed E-state index contributed by atoms with van der Waals surface area (Å²) in [6.07, 6.45) is 5.03. The molecule has 0 fully saturated rings. The third-order valence-electron chi connectivity index (χ3n) is 5.68. The topological polar surface area (TPSA) is 95.8 Å². The summed E-state index contributed by atoms with van der Waals surface area (Å²) < 4.78 is 16.4. The van der Waals surface area contributed by atoms with E-state index in [1.807, 2.05) is 6.07 Å². The van der Waals surface area contributed by atoms with Gasteiger partial charge in [0, 0.05) is 42.7 Å². The highest BCUT2D eigenvalue weighted by Crippen LogP contribution is 2.36. The van der Waals surface area contributed by atoms with Crippen molar-refractivity contribution in [2.45, 2.75) is 19.0 Å². The second kappa shape index (κ2) is 8.10. The van der Waals surface area contributed by atoms with Gasteiger partial charge in [-0.1, -0.05) is 11.6 Å². The maximum absolute atomic E-state index is 13.6. The minimum atomic E-state index is -0.556. The van der Waals surface area contributed by atoms with E-state index in [9.17, 15) is 14.0 Å². The molecule has 2 aromatic heterocycles. The fraction of sp³-hybridized carbons (Fsp3) is 0.227. The number of hydrazone groups is 1. The standard InChI is InChI=1S/C22H16ClFN6O2S/c1-28-19-12(10-27-28)9-26-11-17(19)30-21(31)20-16(29(22(30)32)6-2-5-25)8-18(33-20)14-4-3-13(24)7-15(14)23/h3-4,7-12,19H,2,6H2,1H3. The number of hydrogen-bond donors (Lipinski definition) is 0. The number of nitriles is 1. The van der Waals surface area contributed by atoms with Gasteiger partial charge in [0.05, 0.1) is 34.6 Å². The summed E-state index contributed by atoms with van der Waals surface area (Å²) in [7, 11) is 1.77. The number of thiophene rings is 1. The average Bonchev–Trinajstić information content (AvgIpc) is 3.39. The maximum atomic E-state index is 13.6.